The molecule has 2 aromatic carbocycles. The third kappa shape index (κ3) is 4.78. The molecule has 1 aromatic heterocycles. The molecule has 1 spiro atoms. The van der Waals surface area contributed by atoms with Crippen LogP contribution < -0.4 is 23.7 Å². The van der Waals surface area contributed by atoms with E-state index < -0.39 is 27.8 Å². The number of hydrogen-bond donors (Lipinski definition) is 1. The van der Waals surface area contributed by atoms with Gasteiger partial charge in [-0.15, -0.1) is 0 Å². The molecule has 316 valence electrons. The number of Topliss-reactive ketones (excluding diaryl/α,β-unsaturated/α-hetero) is 2. The first kappa shape index (κ1) is 39.1. The molecule has 0 bridgehead atoms. The Bertz CT molecular complexity index is 2420. The van der Waals surface area contributed by atoms with E-state index in [9.17, 15) is 19.5 Å². The zero-order valence-electron chi connectivity index (χ0n) is 35.8. The number of ketones is 3. The van der Waals surface area contributed by atoms with Crippen molar-refractivity contribution in [2.24, 2.45) is 33.5 Å². The van der Waals surface area contributed by atoms with Crippen LogP contribution in [-0.4, -0.2) is 67.2 Å². The summed E-state index contributed by atoms with van der Waals surface area (Å²) in [6, 6.07) is 9.35. The minimum absolute atomic E-state index is 0.00527. The number of rotatable bonds is 4. The highest BCUT2D eigenvalue weighted by molar-refractivity contribution is 6.07. The van der Waals surface area contributed by atoms with Crippen LogP contribution >= 0.6 is 0 Å². The maximum atomic E-state index is 14.0. The molecule has 11 nitrogen and oxygen atoms in total. The van der Waals surface area contributed by atoms with Crippen LogP contribution in [0, 0.1) is 33.5 Å². The van der Waals surface area contributed by atoms with Gasteiger partial charge in [0, 0.05) is 34.4 Å². The van der Waals surface area contributed by atoms with Crippen molar-refractivity contribution >= 4 is 17.3 Å². The maximum Gasteiger partial charge on any atom is 0.206 e. The van der Waals surface area contributed by atoms with Crippen molar-refractivity contribution in [1.29, 1.82) is 0 Å². The Labute approximate surface area is 350 Å². The number of epoxide rings is 1. The quantitative estimate of drug-likeness (QED) is 0.253. The molecule has 11 rings (SSSR count). The monoisotopic (exact) mass is 818 g/mol. The lowest BCUT2D eigenvalue weighted by molar-refractivity contribution is -0.162. The van der Waals surface area contributed by atoms with Gasteiger partial charge in [-0.1, -0.05) is 33.8 Å². The number of furan rings is 1. The topological polar surface area (TPSA) is 143 Å². The van der Waals surface area contributed by atoms with E-state index in [0.29, 0.717) is 46.7 Å². The first-order valence-electron chi connectivity index (χ1n) is 21.3. The summed E-state index contributed by atoms with van der Waals surface area (Å²) in [4.78, 5) is 40.3. The Morgan fingerprint density at radius 2 is 1.68 bits per heavy atom. The van der Waals surface area contributed by atoms with E-state index in [1.807, 2.05) is 57.4 Å². The Morgan fingerprint density at radius 3 is 2.38 bits per heavy atom. The lowest BCUT2D eigenvalue weighted by Crippen LogP contribution is -2.66. The minimum Gasteiger partial charge on any atom is -0.504 e. The predicted molar refractivity (Wildman–Crippen MR) is 219 cm³/mol. The van der Waals surface area contributed by atoms with Crippen molar-refractivity contribution in [2.45, 2.75) is 110 Å². The van der Waals surface area contributed by atoms with Gasteiger partial charge in [0.05, 0.1) is 55.2 Å². The van der Waals surface area contributed by atoms with Crippen molar-refractivity contribution in [1.82, 2.24) is 0 Å². The van der Waals surface area contributed by atoms with Gasteiger partial charge in [0.2, 0.25) is 5.78 Å². The van der Waals surface area contributed by atoms with Gasteiger partial charge in [-0.25, -0.2) is 0 Å². The molecule has 0 radical (unpaired) electrons. The molecule has 1 saturated heterocycles. The number of hydrogen-bond acceptors (Lipinski definition) is 11. The maximum absolute atomic E-state index is 14.0. The first-order chi connectivity index (χ1) is 28.5. The van der Waals surface area contributed by atoms with Crippen LogP contribution in [0.1, 0.15) is 107 Å². The summed E-state index contributed by atoms with van der Waals surface area (Å²) in [5.74, 6) is 2.93. The van der Waals surface area contributed by atoms with Crippen molar-refractivity contribution in [3.63, 3.8) is 0 Å². The van der Waals surface area contributed by atoms with Crippen LogP contribution in [-0.2, 0) is 20.7 Å². The second-order valence-electron chi connectivity index (χ2n) is 19.6. The highest BCUT2D eigenvalue weighted by atomic mass is 16.6. The molecule has 4 aliphatic heterocycles. The van der Waals surface area contributed by atoms with Crippen LogP contribution in [0.15, 0.2) is 70.8 Å². The zero-order chi connectivity index (χ0) is 42.5. The standard InChI is InChI=1S/C26H30O5.C23H24O6/c1-22(2)17(27)7-9-23(3)16-6-10-24(4)15(14-8-11-30-13-14)12-18-26(24,31-18)25(16,5)21(29)19(28)20(22)23;1-11(2)16-8-14-15(28-16)6-5-12-22(24)21-13-7-18(25-3)19(26-4)9-17(13)27-10-20(21)29-23(12)14/h7-9,11,13,15-16,18,28H,6,10,12H2,1-5H3;5-7,9,11,16,20-21H,8,10H2,1-4H3. The molecule has 60 heavy (non-hydrogen) atoms. The van der Waals surface area contributed by atoms with Gasteiger partial charge < -0.3 is 37.9 Å². The van der Waals surface area contributed by atoms with E-state index in [4.69, 9.17) is 32.8 Å². The number of methoxy groups -OCH3 is 2. The van der Waals surface area contributed by atoms with Crippen LogP contribution in [0.25, 0.3) is 0 Å². The number of carbonyl (C=O) groups is 3. The first-order valence-corrected chi connectivity index (χ1v) is 21.3. The van der Waals surface area contributed by atoms with Crippen LogP contribution in [0.4, 0.5) is 0 Å². The Balaban J connectivity index is 0.000000145. The van der Waals surface area contributed by atoms with Crippen LogP contribution in [0.5, 0.6) is 28.7 Å². The van der Waals surface area contributed by atoms with E-state index in [1.165, 1.54) is 5.56 Å². The second kappa shape index (κ2) is 12.8. The van der Waals surface area contributed by atoms with Gasteiger partial charge in [-0.05, 0) is 99.3 Å². The molecule has 10 unspecified atom stereocenters. The van der Waals surface area contributed by atoms with Gasteiger partial charge in [0.25, 0.3) is 0 Å². The molecule has 1 N–H and O–H groups in total. The SMILES string of the molecule is CC1(C)C(=O)C=CC2(C)C1=C(O)C(=O)C1(C)C2CCC2(C)C(c3ccoc3)CC3OC321.COc1cc2c(cc1OC)C1C(=O)c3ccc4c(c3OC1CO2)CC(C(C)C)O4. The van der Waals surface area contributed by atoms with Crippen molar-refractivity contribution in [3.8, 4) is 28.7 Å². The third-order valence-electron chi connectivity index (χ3n) is 16.3. The molecule has 5 heterocycles. The van der Waals surface area contributed by atoms with E-state index in [1.54, 1.807) is 32.6 Å². The van der Waals surface area contributed by atoms with Crippen LogP contribution in [0.2, 0.25) is 0 Å². The van der Waals surface area contributed by atoms with Crippen molar-refractivity contribution in [2.75, 3.05) is 20.8 Å². The zero-order valence-corrected chi connectivity index (χ0v) is 35.8. The fourth-order valence-electron chi connectivity index (χ4n) is 13.2. The average Bonchev–Trinajstić information content (AvgIpc) is 3.52. The molecule has 8 aliphatic rings. The number of aliphatic hydroxyl groups is 1. The Kier molecular flexibility index (Phi) is 8.32. The number of benzene rings is 2. The molecule has 4 aliphatic carbocycles. The summed E-state index contributed by atoms with van der Waals surface area (Å²) in [5, 5.41) is 11.4. The lowest BCUT2D eigenvalue weighted by atomic mass is 9.39. The van der Waals surface area contributed by atoms with Gasteiger partial charge in [0.15, 0.2) is 28.8 Å². The number of allylic oxidation sites excluding steroid dienone is 4. The number of carbonyl (C=O) groups excluding carboxylic acids is 3. The van der Waals surface area contributed by atoms with E-state index in [2.05, 4.69) is 27.7 Å². The molecule has 0 amide bonds. The van der Waals surface area contributed by atoms with E-state index in [0.717, 1.165) is 42.6 Å². The molecule has 3 aromatic rings. The minimum atomic E-state index is -0.901. The van der Waals surface area contributed by atoms with E-state index >= 15 is 0 Å². The molecule has 11 heteroatoms. The molecular weight excluding hydrogens is 765 g/mol. The highest BCUT2D eigenvalue weighted by Crippen LogP contribution is 2.81. The van der Waals surface area contributed by atoms with Crippen molar-refractivity contribution < 1.29 is 52.3 Å². The van der Waals surface area contributed by atoms with Crippen LogP contribution in [0.3, 0.4) is 0 Å². The van der Waals surface area contributed by atoms with Gasteiger partial charge >= 0.3 is 0 Å². The fraction of sp³-hybridized carbons (Fsp3) is 0.531. The molecule has 3 fully saturated rings. The summed E-state index contributed by atoms with van der Waals surface area (Å²) in [7, 11) is 3.16. The number of fused-ring (bicyclic) bond motifs is 9. The number of ether oxygens (including phenoxy) is 6. The normalized spacial score (nSPS) is 37.0. The Hall–Kier alpha value is -5.03. The second-order valence-corrected chi connectivity index (χ2v) is 19.6. The summed E-state index contributed by atoms with van der Waals surface area (Å²) in [6.07, 6.45) is 10.2. The summed E-state index contributed by atoms with van der Waals surface area (Å²) >= 11 is 0. The molecule has 10 atom stereocenters. The lowest BCUT2D eigenvalue weighted by Gasteiger charge is -2.62. The molecule has 2 saturated carbocycles. The van der Waals surface area contributed by atoms with Gasteiger partial charge in [-0.3, -0.25) is 14.4 Å². The highest BCUT2D eigenvalue weighted by Gasteiger charge is 2.87. The van der Waals surface area contributed by atoms with E-state index in [-0.39, 0.29) is 58.7 Å². The largest absolute Gasteiger partial charge is 0.504 e. The van der Waals surface area contributed by atoms with Gasteiger partial charge in [-0.2, -0.15) is 0 Å². The number of aliphatic hydroxyl groups excluding tert-OH is 1. The predicted octanol–water partition coefficient (Wildman–Crippen LogP) is 8.68. The smallest absolute Gasteiger partial charge is 0.206 e. The van der Waals surface area contributed by atoms with Crippen molar-refractivity contribution in [3.05, 3.63) is 88.6 Å². The van der Waals surface area contributed by atoms with Gasteiger partial charge in [0.1, 0.15) is 41.7 Å². The summed E-state index contributed by atoms with van der Waals surface area (Å²) < 4.78 is 41.0. The third-order valence-corrected chi connectivity index (χ3v) is 16.3. The molecular formula is C49H54O11. The summed E-state index contributed by atoms with van der Waals surface area (Å²) in [5.41, 5.74) is 0.974. The summed E-state index contributed by atoms with van der Waals surface area (Å²) in [6.45, 7) is 14.6. The Morgan fingerprint density at radius 1 is 0.933 bits per heavy atom. The fourth-order valence-corrected chi connectivity index (χ4v) is 13.2. The average molecular weight is 819 g/mol.